The summed E-state index contributed by atoms with van der Waals surface area (Å²) in [6.07, 6.45) is 5.11. The Bertz CT molecular complexity index is 702. The number of benzene rings is 2. The van der Waals surface area contributed by atoms with Crippen molar-refractivity contribution in [1.82, 2.24) is 0 Å². The van der Waals surface area contributed by atoms with E-state index in [9.17, 15) is 0 Å². The van der Waals surface area contributed by atoms with Crippen LogP contribution >= 0.6 is 0 Å². The van der Waals surface area contributed by atoms with Crippen molar-refractivity contribution in [2.75, 3.05) is 13.2 Å². The predicted molar refractivity (Wildman–Crippen MR) is 98.1 cm³/mol. The first kappa shape index (κ1) is 16.5. The maximum atomic E-state index is 6.39. The zero-order valence-corrected chi connectivity index (χ0v) is 14.5. The van der Waals surface area contributed by atoms with Crippen LogP contribution < -0.4 is 0 Å². The van der Waals surface area contributed by atoms with Crippen LogP contribution in [0.15, 0.2) is 60.7 Å². The van der Waals surface area contributed by atoms with E-state index in [1.54, 1.807) is 0 Å². The molecule has 130 valence electrons. The molecule has 3 nitrogen and oxygen atoms in total. The van der Waals surface area contributed by atoms with Crippen LogP contribution in [0, 0.1) is 12.8 Å². The number of hydrogen-bond donors (Lipinski definition) is 0. The van der Waals surface area contributed by atoms with Gasteiger partial charge in [-0.3, -0.25) is 0 Å². The fourth-order valence-electron chi connectivity index (χ4n) is 3.57. The van der Waals surface area contributed by atoms with Gasteiger partial charge in [0.2, 0.25) is 0 Å². The van der Waals surface area contributed by atoms with E-state index in [2.05, 4.69) is 55.5 Å². The lowest BCUT2D eigenvalue weighted by molar-refractivity contribution is -0.0939. The molecule has 4 rings (SSSR count). The number of aryl methyl sites for hydroxylation is 1. The van der Waals surface area contributed by atoms with Crippen molar-refractivity contribution < 1.29 is 14.2 Å². The summed E-state index contributed by atoms with van der Waals surface area (Å²) < 4.78 is 18.0. The van der Waals surface area contributed by atoms with Gasteiger partial charge in [-0.25, -0.2) is 0 Å². The standard InChI is InChI=1S/C22H24O3/c1-16-7-10-18(11-8-16)21-15-19(22-23-13-14-24-22)20(25-21)12-9-17-5-3-2-4-6-17/h2-12,19-22H,13-15H2,1H3/b12-9+/t19-,20+,21-/m0/s1. The number of hydrogen-bond acceptors (Lipinski definition) is 3. The molecule has 0 aliphatic carbocycles. The van der Waals surface area contributed by atoms with Gasteiger partial charge in [-0.2, -0.15) is 0 Å². The number of rotatable bonds is 4. The predicted octanol–water partition coefficient (Wildman–Crippen LogP) is 4.53. The van der Waals surface area contributed by atoms with E-state index in [4.69, 9.17) is 14.2 Å². The molecule has 2 aliphatic heterocycles. The molecule has 2 fully saturated rings. The van der Waals surface area contributed by atoms with Crippen molar-refractivity contribution in [2.45, 2.75) is 31.8 Å². The summed E-state index contributed by atoms with van der Waals surface area (Å²) in [5.41, 5.74) is 3.67. The molecule has 0 amide bonds. The highest BCUT2D eigenvalue weighted by atomic mass is 16.7. The Balaban J connectivity index is 1.54. The summed E-state index contributed by atoms with van der Waals surface area (Å²) in [6, 6.07) is 18.9. The van der Waals surface area contributed by atoms with Crippen LogP contribution in [0.5, 0.6) is 0 Å². The average molecular weight is 336 g/mol. The second-order valence-electron chi connectivity index (χ2n) is 6.78. The van der Waals surface area contributed by atoms with Gasteiger partial charge in [0, 0.05) is 5.92 Å². The minimum Gasteiger partial charge on any atom is -0.366 e. The Hall–Kier alpha value is -1.94. The quantitative estimate of drug-likeness (QED) is 0.821. The summed E-state index contributed by atoms with van der Waals surface area (Å²) in [5, 5.41) is 0. The Morgan fingerprint density at radius 2 is 1.64 bits per heavy atom. The maximum Gasteiger partial charge on any atom is 0.163 e. The van der Waals surface area contributed by atoms with E-state index >= 15 is 0 Å². The Labute approximate surface area is 149 Å². The average Bonchev–Trinajstić information content (AvgIpc) is 3.31. The van der Waals surface area contributed by atoms with Crippen LogP contribution in [0.4, 0.5) is 0 Å². The van der Waals surface area contributed by atoms with Gasteiger partial charge in [0.05, 0.1) is 25.4 Å². The minimum absolute atomic E-state index is 0.00499. The van der Waals surface area contributed by atoms with E-state index in [0.29, 0.717) is 13.2 Å². The Morgan fingerprint density at radius 1 is 0.920 bits per heavy atom. The van der Waals surface area contributed by atoms with Crippen molar-refractivity contribution in [3.63, 3.8) is 0 Å². The first-order valence-electron chi connectivity index (χ1n) is 8.98. The van der Waals surface area contributed by atoms with Crippen LogP contribution in [0.1, 0.15) is 29.2 Å². The molecular formula is C22H24O3. The van der Waals surface area contributed by atoms with E-state index in [-0.39, 0.29) is 24.4 Å². The van der Waals surface area contributed by atoms with Crippen LogP contribution in [0.25, 0.3) is 6.08 Å². The van der Waals surface area contributed by atoms with Gasteiger partial charge in [0.15, 0.2) is 6.29 Å². The number of ether oxygens (including phenoxy) is 3. The molecule has 0 N–H and O–H groups in total. The second kappa shape index (κ2) is 7.52. The molecule has 25 heavy (non-hydrogen) atoms. The summed E-state index contributed by atoms with van der Waals surface area (Å²) in [6.45, 7) is 3.45. The van der Waals surface area contributed by atoms with Gasteiger partial charge in [0.1, 0.15) is 0 Å². The SMILES string of the molecule is Cc1ccc([C@@H]2C[C@H](C3OCCO3)[C@@H](/C=C/c3ccccc3)O2)cc1. The molecule has 3 heteroatoms. The van der Waals surface area contributed by atoms with Crippen molar-refractivity contribution in [2.24, 2.45) is 5.92 Å². The first-order valence-corrected chi connectivity index (χ1v) is 8.98. The van der Waals surface area contributed by atoms with Gasteiger partial charge in [-0.1, -0.05) is 72.3 Å². The van der Waals surface area contributed by atoms with Gasteiger partial charge in [-0.15, -0.1) is 0 Å². The Kier molecular flexibility index (Phi) is 4.97. The van der Waals surface area contributed by atoms with Crippen molar-refractivity contribution in [1.29, 1.82) is 0 Å². The lowest BCUT2D eigenvalue weighted by atomic mass is 9.95. The first-order chi connectivity index (χ1) is 12.3. The third-order valence-corrected chi connectivity index (χ3v) is 4.95. The zero-order valence-electron chi connectivity index (χ0n) is 14.5. The summed E-state index contributed by atoms with van der Waals surface area (Å²) in [4.78, 5) is 0. The van der Waals surface area contributed by atoms with E-state index in [1.807, 2.05) is 18.2 Å². The molecule has 3 atom stereocenters. The smallest absolute Gasteiger partial charge is 0.163 e. The molecule has 2 saturated heterocycles. The molecule has 2 aliphatic rings. The maximum absolute atomic E-state index is 6.39. The van der Waals surface area contributed by atoms with Crippen LogP contribution in [0.3, 0.4) is 0 Å². The van der Waals surface area contributed by atoms with Gasteiger partial charge in [-0.05, 0) is 24.5 Å². The fourth-order valence-corrected chi connectivity index (χ4v) is 3.57. The summed E-state index contributed by atoms with van der Waals surface area (Å²) >= 11 is 0. The Morgan fingerprint density at radius 3 is 2.36 bits per heavy atom. The molecule has 0 spiro atoms. The van der Waals surface area contributed by atoms with Crippen LogP contribution in [0.2, 0.25) is 0 Å². The zero-order chi connectivity index (χ0) is 17.1. The van der Waals surface area contributed by atoms with Crippen molar-refractivity contribution >= 4 is 6.08 Å². The molecule has 2 aromatic rings. The molecule has 2 aromatic carbocycles. The third kappa shape index (κ3) is 3.84. The van der Waals surface area contributed by atoms with E-state index in [1.165, 1.54) is 16.7 Å². The molecule has 0 bridgehead atoms. The third-order valence-electron chi connectivity index (χ3n) is 4.95. The van der Waals surface area contributed by atoms with Gasteiger partial charge in [0.25, 0.3) is 0 Å². The monoisotopic (exact) mass is 336 g/mol. The normalized spacial score (nSPS) is 27.3. The van der Waals surface area contributed by atoms with Crippen molar-refractivity contribution in [3.8, 4) is 0 Å². The van der Waals surface area contributed by atoms with Crippen molar-refractivity contribution in [3.05, 3.63) is 77.4 Å². The highest BCUT2D eigenvalue weighted by molar-refractivity contribution is 5.49. The lowest BCUT2D eigenvalue weighted by Crippen LogP contribution is -2.27. The van der Waals surface area contributed by atoms with Gasteiger partial charge < -0.3 is 14.2 Å². The molecule has 0 unspecified atom stereocenters. The molecule has 0 aromatic heterocycles. The molecule has 2 heterocycles. The summed E-state index contributed by atoms with van der Waals surface area (Å²) in [7, 11) is 0. The topological polar surface area (TPSA) is 27.7 Å². The highest BCUT2D eigenvalue weighted by Gasteiger charge is 2.41. The van der Waals surface area contributed by atoms with Crippen LogP contribution in [-0.2, 0) is 14.2 Å². The summed E-state index contributed by atoms with van der Waals surface area (Å²) in [5.74, 6) is 0.216. The van der Waals surface area contributed by atoms with Gasteiger partial charge >= 0.3 is 0 Å². The molecular weight excluding hydrogens is 312 g/mol. The van der Waals surface area contributed by atoms with E-state index in [0.717, 1.165) is 6.42 Å². The second-order valence-corrected chi connectivity index (χ2v) is 6.78. The lowest BCUT2D eigenvalue weighted by Gasteiger charge is -2.20. The van der Waals surface area contributed by atoms with E-state index < -0.39 is 0 Å². The largest absolute Gasteiger partial charge is 0.366 e. The fraction of sp³-hybridized carbons (Fsp3) is 0.364. The highest BCUT2D eigenvalue weighted by Crippen LogP contribution is 2.41. The van der Waals surface area contributed by atoms with Crippen LogP contribution in [-0.4, -0.2) is 25.6 Å². The minimum atomic E-state index is -0.166. The molecule has 0 saturated carbocycles. The molecule has 0 radical (unpaired) electrons.